The summed E-state index contributed by atoms with van der Waals surface area (Å²) in [5, 5.41) is 7.37. The maximum atomic E-state index is 12.2. The largest absolute Gasteiger partial charge is 0.378 e. The van der Waals surface area contributed by atoms with Crippen molar-refractivity contribution in [3.8, 4) is 0 Å². The van der Waals surface area contributed by atoms with Gasteiger partial charge in [-0.05, 0) is 37.5 Å². The predicted molar refractivity (Wildman–Crippen MR) is 100 cm³/mol. The number of aromatic nitrogens is 3. The Hall–Kier alpha value is -2.41. The Kier molecular flexibility index (Phi) is 5.88. The Bertz CT molecular complexity index is 748. The molecule has 26 heavy (non-hydrogen) atoms. The molecule has 1 fully saturated rings. The van der Waals surface area contributed by atoms with Crippen LogP contribution >= 0.6 is 0 Å². The molecule has 3 heterocycles. The number of nitrogens with one attached hydrogen (secondary N) is 1. The Morgan fingerprint density at radius 2 is 2.04 bits per heavy atom. The molecule has 0 unspecified atom stereocenters. The Labute approximate surface area is 154 Å². The third kappa shape index (κ3) is 4.40. The Balaban J connectivity index is 1.46. The summed E-state index contributed by atoms with van der Waals surface area (Å²) < 4.78 is 7.22. The van der Waals surface area contributed by atoms with Gasteiger partial charge in [-0.25, -0.2) is 4.98 Å². The first-order chi connectivity index (χ1) is 12.5. The molecule has 0 atom stereocenters. The van der Waals surface area contributed by atoms with E-state index in [0.717, 1.165) is 49.1 Å². The lowest BCUT2D eigenvalue weighted by molar-refractivity contribution is -0.121. The summed E-state index contributed by atoms with van der Waals surface area (Å²) >= 11 is 0. The molecule has 1 aliphatic rings. The third-order valence-corrected chi connectivity index (χ3v) is 4.89. The van der Waals surface area contributed by atoms with E-state index in [4.69, 9.17) is 4.74 Å². The molecule has 0 aromatic carbocycles. The topological polar surface area (TPSA) is 72.3 Å². The summed E-state index contributed by atoms with van der Waals surface area (Å²) in [6.07, 6.45) is 3.01. The van der Waals surface area contributed by atoms with Gasteiger partial charge in [0.1, 0.15) is 5.82 Å². The highest BCUT2D eigenvalue weighted by Crippen LogP contribution is 2.15. The van der Waals surface area contributed by atoms with Crippen molar-refractivity contribution in [3.05, 3.63) is 40.8 Å². The Morgan fingerprint density at radius 3 is 2.65 bits per heavy atom. The monoisotopic (exact) mass is 357 g/mol. The quantitative estimate of drug-likeness (QED) is 0.849. The Morgan fingerprint density at radius 1 is 1.27 bits per heavy atom. The molecule has 3 rings (SSSR count). The van der Waals surface area contributed by atoms with Crippen molar-refractivity contribution in [3.63, 3.8) is 0 Å². The van der Waals surface area contributed by atoms with Crippen LogP contribution in [0.4, 0.5) is 5.82 Å². The van der Waals surface area contributed by atoms with Gasteiger partial charge < -0.3 is 15.0 Å². The van der Waals surface area contributed by atoms with Crippen LogP contribution in [-0.2, 0) is 29.5 Å². The predicted octanol–water partition coefficient (Wildman–Crippen LogP) is 1.52. The van der Waals surface area contributed by atoms with Gasteiger partial charge in [0.05, 0.1) is 18.9 Å². The average Bonchev–Trinajstić information content (AvgIpc) is 2.91. The second-order valence-electron chi connectivity index (χ2n) is 6.67. The highest BCUT2D eigenvalue weighted by Gasteiger charge is 2.13. The number of aryl methyl sites for hydroxylation is 2. The van der Waals surface area contributed by atoms with Crippen molar-refractivity contribution < 1.29 is 9.53 Å². The van der Waals surface area contributed by atoms with Crippen LogP contribution in [0.5, 0.6) is 0 Å². The maximum Gasteiger partial charge on any atom is 0.220 e. The van der Waals surface area contributed by atoms with Crippen molar-refractivity contribution in [2.75, 3.05) is 31.2 Å². The minimum absolute atomic E-state index is 0.0462. The number of hydrogen-bond donors (Lipinski definition) is 1. The van der Waals surface area contributed by atoms with E-state index >= 15 is 0 Å². The second-order valence-corrected chi connectivity index (χ2v) is 6.67. The van der Waals surface area contributed by atoms with Crippen molar-refractivity contribution in [1.82, 2.24) is 20.1 Å². The van der Waals surface area contributed by atoms with E-state index in [1.807, 2.05) is 43.9 Å². The van der Waals surface area contributed by atoms with Crippen molar-refractivity contribution >= 4 is 11.7 Å². The first-order valence-corrected chi connectivity index (χ1v) is 9.08. The number of ether oxygens (including phenoxy) is 1. The van der Waals surface area contributed by atoms with E-state index in [1.165, 1.54) is 5.56 Å². The van der Waals surface area contributed by atoms with Gasteiger partial charge in [-0.15, -0.1) is 0 Å². The zero-order valence-electron chi connectivity index (χ0n) is 15.8. The number of nitrogens with zero attached hydrogens (tertiary/aromatic N) is 4. The van der Waals surface area contributed by atoms with Gasteiger partial charge in [-0.2, -0.15) is 5.10 Å². The number of anilines is 1. The number of pyridine rings is 1. The molecule has 1 amide bonds. The first-order valence-electron chi connectivity index (χ1n) is 9.08. The summed E-state index contributed by atoms with van der Waals surface area (Å²) in [6, 6.07) is 4.03. The van der Waals surface area contributed by atoms with Crippen molar-refractivity contribution in [2.24, 2.45) is 7.05 Å². The standard InChI is InChI=1S/C19H27N5O2/c1-14-17(15(2)23(3)22-14)5-7-19(25)21-13-16-4-6-18(20-12-16)24-8-10-26-11-9-24/h4,6,12H,5,7-11,13H2,1-3H3,(H,21,25). The van der Waals surface area contributed by atoms with Crippen LogP contribution in [0.3, 0.4) is 0 Å². The van der Waals surface area contributed by atoms with Gasteiger partial charge >= 0.3 is 0 Å². The second kappa shape index (κ2) is 8.31. The molecule has 1 N–H and O–H groups in total. The third-order valence-electron chi connectivity index (χ3n) is 4.89. The fraction of sp³-hybridized carbons (Fsp3) is 0.526. The molecule has 140 valence electrons. The lowest BCUT2D eigenvalue weighted by atomic mass is 10.1. The number of carbonyl (C=O) groups is 1. The van der Waals surface area contributed by atoms with E-state index < -0.39 is 0 Å². The highest BCUT2D eigenvalue weighted by atomic mass is 16.5. The van der Waals surface area contributed by atoms with E-state index in [0.29, 0.717) is 19.4 Å². The summed E-state index contributed by atoms with van der Waals surface area (Å²) in [6.45, 7) is 7.76. The summed E-state index contributed by atoms with van der Waals surface area (Å²) in [5.41, 5.74) is 4.29. The first kappa shape index (κ1) is 18.4. The van der Waals surface area contributed by atoms with E-state index in [2.05, 4.69) is 20.3 Å². The van der Waals surface area contributed by atoms with Gasteiger partial charge in [-0.1, -0.05) is 6.07 Å². The molecule has 0 radical (unpaired) electrons. The minimum atomic E-state index is 0.0462. The summed E-state index contributed by atoms with van der Waals surface area (Å²) in [4.78, 5) is 18.9. The number of carbonyl (C=O) groups excluding carboxylic acids is 1. The van der Waals surface area contributed by atoms with Gasteiger partial charge in [0.25, 0.3) is 0 Å². The normalized spacial score (nSPS) is 14.5. The highest BCUT2D eigenvalue weighted by molar-refractivity contribution is 5.76. The zero-order chi connectivity index (χ0) is 18.5. The van der Waals surface area contributed by atoms with Crippen LogP contribution in [0.15, 0.2) is 18.3 Å². The van der Waals surface area contributed by atoms with Crippen molar-refractivity contribution in [1.29, 1.82) is 0 Å². The van der Waals surface area contributed by atoms with Gasteiger partial charge in [-0.3, -0.25) is 9.48 Å². The molecule has 1 aliphatic heterocycles. The molecule has 2 aromatic rings. The van der Waals surface area contributed by atoms with Gasteiger partial charge in [0.2, 0.25) is 5.91 Å². The maximum absolute atomic E-state index is 12.2. The van der Waals surface area contributed by atoms with Gasteiger partial charge in [0, 0.05) is 45.0 Å². The van der Waals surface area contributed by atoms with Crippen LogP contribution in [-0.4, -0.2) is 47.0 Å². The number of amides is 1. The minimum Gasteiger partial charge on any atom is -0.378 e. The van der Waals surface area contributed by atoms with Crippen LogP contribution in [0.25, 0.3) is 0 Å². The van der Waals surface area contributed by atoms with E-state index in [9.17, 15) is 4.79 Å². The molecule has 1 saturated heterocycles. The van der Waals surface area contributed by atoms with Gasteiger partial charge in [0.15, 0.2) is 0 Å². The molecule has 2 aromatic heterocycles. The molecular weight excluding hydrogens is 330 g/mol. The van der Waals surface area contributed by atoms with E-state index in [1.54, 1.807) is 0 Å². The van der Waals surface area contributed by atoms with Crippen LogP contribution < -0.4 is 10.2 Å². The lowest BCUT2D eigenvalue weighted by Gasteiger charge is -2.27. The average molecular weight is 357 g/mol. The molecule has 0 aliphatic carbocycles. The summed E-state index contributed by atoms with van der Waals surface area (Å²) in [7, 11) is 1.93. The van der Waals surface area contributed by atoms with Crippen LogP contribution in [0, 0.1) is 13.8 Å². The fourth-order valence-electron chi connectivity index (χ4n) is 3.21. The molecule has 7 heteroatoms. The molecule has 7 nitrogen and oxygen atoms in total. The van der Waals surface area contributed by atoms with Crippen molar-refractivity contribution in [2.45, 2.75) is 33.2 Å². The fourth-order valence-corrected chi connectivity index (χ4v) is 3.21. The number of hydrogen-bond acceptors (Lipinski definition) is 5. The molecule has 0 saturated carbocycles. The van der Waals surface area contributed by atoms with Crippen LogP contribution in [0.1, 0.15) is 28.9 Å². The lowest BCUT2D eigenvalue weighted by Crippen LogP contribution is -2.36. The summed E-state index contributed by atoms with van der Waals surface area (Å²) in [5.74, 6) is 1.01. The van der Waals surface area contributed by atoms with Crippen LogP contribution in [0.2, 0.25) is 0 Å². The number of morpholine rings is 1. The molecular formula is C19H27N5O2. The van der Waals surface area contributed by atoms with E-state index in [-0.39, 0.29) is 5.91 Å². The molecule has 0 bridgehead atoms. The smallest absolute Gasteiger partial charge is 0.220 e. The SMILES string of the molecule is Cc1nn(C)c(C)c1CCC(=O)NCc1ccc(N2CCOCC2)nc1. The zero-order valence-corrected chi connectivity index (χ0v) is 15.8. The number of rotatable bonds is 6. The molecule has 0 spiro atoms.